The third kappa shape index (κ3) is 68.9. The minimum atomic E-state index is -0.814. The third-order valence-corrected chi connectivity index (χ3v) is 26.8. The Bertz CT molecular complexity index is 3010. The molecule has 6 aliphatic rings. The Kier molecular flexibility index (Phi) is 73.0. The van der Waals surface area contributed by atoms with E-state index in [0.717, 1.165) is 263 Å². The molecule has 0 radical (unpaired) electrons. The standard InChI is InChI=1S/C57H98O12.C57H98O6/c1-4-7-9-10-14-22-30-44-45(65-44)31-23-15-11-18-26-34-55(58)61-40-42(63-57(60)36-28-20-13-17-25-32-47-51(67-47)38-50-46(66-50)29-21-8-5-2)41-62-56(59)35-27-19-12-16-24-33-48-52(68-48)39-54-53(69-54)37-49-43(6-3)64-49;1-4-7-10-13-16-19-22-25-28-31-34-37-40-43-46-49-55(58)61-52-54(63-57(60)51-48-45-42-39-36-33-30-27-24-21-18-15-12-9-6-3)53-62-56(59)50-47-44-41-38-35-32-29-26-23-20-17-14-11-8-5-2/h42-54H,4-41H2,1-3H3;7,10,16,18-19,21,25-30,54H,4-6,8-9,11-15,17,20,22-24,31-53H2,1-3H3/b;10-7+,19-16+,21-18+,28-25+,29-26+,30-27+. The smallest absolute Gasteiger partial charge is 0.306 e. The Morgan fingerprint density at radius 1 is 0.212 bits per heavy atom. The molecular weight excluding hydrogens is 1660 g/mol. The highest BCUT2D eigenvalue weighted by Crippen LogP contribution is 2.43. The molecule has 0 N–H and O–H groups in total. The van der Waals surface area contributed by atoms with Crippen LogP contribution in [0.1, 0.15) is 504 Å². The molecule has 0 bridgehead atoms. The monoisotopic (exact) mass is 1850 g/mol. The van der Waals surface area contributed by atoms with Crippen molar-refractivity contribution in [1.82, 2.24) is 0 Å². The summed E-state index contributed by atoms with van der Waals surface area (Å²) < 4.78 is 68.9. The first-order valence-electron chi connectivity index (χ1n) is 55.7. The van der Waals surface area contributed by atoms with Crippen LogP contribution in [0.3, 0.4) is 0 Å². The highest BCUT2D eigenvalue weighted by Gasteiger charge is 2.52. The predicted molar refractivity (Wildman–Crippen MR) is 537 cm³/mol. The van der Waals surface area contributed by atoms with E-state index >= 15 is 0 Å². The van der Waals surface area contributed by atoms with Gasteiger partial charge in [0.25, 0.3) is 0 Å². The average Bonchev–Trinajstić information content (AvgIpc) is 1.63. The molecule has 18 heteroatoms. The van der Waals surface area contributed by atoms with Gasteiger partial charge in [0.15, 0.2) is 12.2 Å². The zero-order chi connectivity index (χ0) is 94.3. The average molecular weight is 1850 g/mol. The molecule has 0 aromatic carbocycles. The van der Waals surface area contributed by atoms with Crippen molar-refractivity contribution in [3.63, 3.8) is 0 Å². The van der Waals surface area contributed by atoms with Gasteiger partial charge < -0.3 is 56.8 Å². The molecule has 6 fully saturated rings. The quantitative estimate of drug-likeness (QED) is 0.0181. The van der Waals surface area contributed by atoms with Crippen molar-refractivity contribution in [2.45, 2.75) is 589 Å². The third-order valence-electron chi connectivity index (χ3n) is 26.8. The van der Waals surface area contributed by atoms with Gasteiger partial charge in [0, 0.05) is 57.8 Å². The summed E-state index contributed by atoms with van der Waals surface area (Å²) in [5.41, 5.74) is 0. The second-order valence-electron chi connectivity index (χ2n) is 39.2. The van der Waals surface area contributed by atoms with Crippen molar-refractivity contribution in [1.29, 1.82) is 0 Å². The van der Waals surface area contributed by atoms with Gasteiger partial charge in [0.1, 0.15) is 26.4 Å². The van der Waals surface area contributed by atoms with Crippen LogP contribution < -0.4 is 0 Å². The lowest BCUT2D eigenvalue weighted by atomic mass is 10.0. The summed E-state index contributed by atoms with van der Waals surface area (Å²) in [4.78, 5) is 76.4. The van der Waals surface area contributed by atoms with Gasteiger partial charge in [-0.2, -0.15) is 0 Å². The Labute approximate surface area is 805 Å². The van der Waals surface area contributed by atoms with Gasteiger partial charge in [-0.1, -0.05) is 352 Å². The van der Waals surface area contributed by atoms with Crippen LogP contribution in [0, 0.1) is 0 Å². The maximum absolute atomic E-state index is 12.9. The van der Waals surface area contributed by atoms with Crippen molar-refractivity contribution < 1.29 is 85.6 Å². The van der Waals surface area contributed by atoms with E-state index in [4.69, 9.17) is 56.8 Å². The SMILES string of the molecule is CC/C=C/C/C=C/C/C=C/CCCCCCCC(=O)OCC(COC(=O)CCCCCCC/C=C/CCCCCCCC)OC(=O)CCCCCCC/C=C/C/C=C/CCCCC.CCCCCCCCC1OC1CCCCCCCC(=O)OCC(COC(=O)CCCCCCCC1OC1CC1OC1CC1OC1CC)OC(=O)CCCCCCCC1OC1CC1OC1CCCCC. The molecule has 0 aliphatic carbocycles. The predicted octanol–water partition coefficient (Wildman–Crippen LogP) is 30.1. The fourth-order valence-electron chi connectivity index (χ4n) is 17.9. The van der Waals surface area contributed by atoms with Gasteiger partial charge in [-0.05, 0) is 167 Å². The van der Waals surface area contributed by atoms with E-state index < -0.39 is 12.2 Å². The first kappa shape index (κ1) is 118. The molecule has 760 valence electrons. The number of ether oxygens (including phenoxy) is 12. The summed E-state index contributed by atoms with van der Waals surface area (Å²) >= 11 is 0. The molecule has 14 unspecified atom stereocenters. The van der Waals surface area contributed by atoms with E-state index in [9.17, 15) is 28.8 Å². The number of unbranched alkanes of at least 4 members (excludes halogenated alkanes) is 43. The normalized spacial score (nSPS) is 21.5. The topological polar surface area (TPSA) is 233 Å². The van der Waals surface area contributed by atoms with Gasteiger partial charge >= 0.3 is 35.8 Å². The van der Waals surface area contributed by atoms with Crippen LogP contribution in [0.15, 0.2) is 72.9 Å². The second kappa shape index (κ2) is 82.0. The first-order valence-corrected chi connectivity index (χ1v) is 55.7. The van der Waals surface area contributed by atoms with Crippen molar-refractivity contribution in [3.05, 3.63) is 72.9 Å². The highest BCUT2D eigenvalue weighted by atomic mass is 16.6. The summed E-state index contributed by atoms with van der Waals surface area (Å²) in [5.74, 6) is -1.89. The van der Waals surface area contributed by atoms with Crippen LogP contribution in [-0.4, -0.2) is 148 Å². The number of rotatable bonds is 94. The molecule has 132 heavy (non-hydrogen) atoms. The molecular formula is C114H196O18. The second-order valence-corrected chi connectivity index (χ2v) is 39.2. The first-order chi connectivity index (χ1) is 64.9. The molecule has 0 amide bonds. The van der Waals surface area contributed by atoms with Crippen molar-refractivity contribution in [2.24, 2.45) is 0 Å². The number of esters is 6. The van der Waals surface area contributed by atoms with E-state index in [2.05, 4.69) is 114 Å². The van der Waals surface area contributed by atoms with Gasteiger partial charge in [-0.3, -0.25) is 28.8 Å². The minimum Gasteiger partial charge on any atom is -0.462 e. The lowest BCUT2D eigenvalue weighted by Crippen LogP contribution is -2.30. The highest BCUT2D eigenvalue weighted by molar-refractivity contribution is 5.72. The van der Waals surface area contributed by atoms with Gasteiger partial charge in [-0.15, -0.1) is 0 Å². The Morgan fingerprint density at radius 2 is 0.409 bits per heavy atom. The van der Waals surface area contributed by atoms with E-state index in [1.54, 1.807) is 0 Å². The lowest BCUT2D eigenvalue weighted by Gasteiger charge is -2.18. The zero-order valence-corrected chi connectivity index (χ0v) is 85.1. The summed E-state index contributed by atoms with van der Waals surface area (Å²) in [6, 6.07) is 0. The molecule has 6 heterocycles. The Morgan fingerprint density at radius 3 is 0.712 bits per heavy atom. The van der Waals surface area contributed by atoms with Crippen molar-refractivity contribution >= 4 is 35.8 Å². The number of hydrogen-bond donors (Lipinski definition) is 0. The minimum absolute atomic E-state index is 0.0911. The summed E-state index contributed by atoms with van der Waals surface area (Å²) in [6.07, 6.45) is 106. The fraction of sp³-hybridized carbons (Fsp3) is 0.842. The molecule has 14 atom stereocenters. The summed E-state index contributed by atoms with van der Waals surface area (Å²) in [6.45, 7) is 12.9. The zero-order valence-electron chi connectivity index (χ0n) is 85.1. The number of epoxide rings is 6. The number of hydrogen-bond acceptors (Lipinski definition) is 18. The van der Waals surface area contributed by atoms with Crippen molar-refractivity contribution in [3.8, 4) is 0 Å². The van der Waals surface area contributed by atoms with Gasteiger partial charge in [0.05, 0.1) is 73.2 Å². The maximum Gasteiger partial charge on any atom is 0.306 e. The van der Waals surface area contributed by atoms with Crippen LogP contribution in [0.4, 0.5) is 0 Å². The summed E-state index contributed by atoms with van der Waals surface area (Å²) in [7, 11) is 0. The Hall–Kier alpha value is -4.98. The van der Waals surface area contributed by atoms with E-state index in [-0.39, 0.29) is 68.7 Å². The molecule has 0 aromatic heterocycles. The van der Waals surface area contributed by atoms with Crippen LogP contribution in [0.2, 0.25) is 0 Å². The van der Waals surface area contributed by atoms with E-state index in [1.807, 2.05) is 0 Å². The Balaban J connectivity index is 0.000000470. The number of carbonyl (C=O) groups is 6. The van der Waals surface area contributed by atoms with E-state index in [1.165, 1.54) is 161 Å². The van der Waals surface area contributed by atoms with Crippen LogP contribution >= 0.6 is 0 Å². The van der Waals surface area contributed by atoms with Crippen LogP contribution in [0.5, 0.6) is 0 Å². The lowest BCUT2D eigenvalue weighted by molar-refractivity contribution is -0.167. The number of carbonyl (C=O) groups excluding carboxylic acids is 6. The van der Waals surface area contributed by atoms with Gasteiger partial charge in [0.2, 0.25) is 0 Å². The largest absolute Gasteiger partial charge is 0.462 e. The van der Waals surface area contributed by atoms with Gasteiger partial charge in [-0.25, -0.2) is 0 Å². The van der Waals surface area contributed by atoms with Crippen LogP contribution in [0.25, 0.3) is 0 Å². The molecule has 6 rings (SSSR count). The van der Waals surface area contributed by atoms with Crippen LogP contribution in [-0.2, 0) is 85.6 Å². The molecule has 0 aromatic rings. The molecule has 6 saturated heterocycles. The molecule has 6 aliphatic heterocycles. The molecule has 0 saturated carbocycles. The summed E-state index contributed by atoms with van der Waals surface area (Å²) in [5, 5.41) is 0. The fourth-order valence-corrected chi connectivity index (χ4v) is 17.9. The molecule has 18 nitrogen and oxygen atoms in total. The maximum atomic E-state index is 12.9. The number of allylic oxidation sites excluding steroid dienone is 12. The molecule has 0 spiro atoms. The van der Waals surface area contributed by atoms with E-state index in [0.29, 0.717) is 105 Å². The van der Waals surface area contributed by atoms with Crippen molar-refractivity contribution in [2.75, 3.05) is 26.4 Å².